The summed E-state index contributed by atoms with van der Waals surface area (Å²) in [7, 11) is 3.18. The minimum atomic E-state index is -0.0926. The smallest absolute Gasteiger partial charge is 0.317 e. The molecule has 2 amide bonds. The molecule has 1 aromatic carbocycles. The van der Waals surface area contributed by atoms with Crippen LogP contribution in [0.1, 0.15) is 30.2 Å². The van der Waals surface area contributed by atoms with E-state index in [4.69, 9.17) is 18.3 Å². The molecule has 0 bridgehead atoms. The number of benzene rings is 1. The number of nitrogens with one attached hydrogen (secondary N) is 1. The molecule has 0 aliphatic carbocycles. The fourth-order valence-corrected chi connectivity index (χ4v) is 3.51. The Morgan fingerprint density at radius 2 is 1.97 bits per heavy atom. The zero-order chi connectivity index (χ0) is 20.9. The van der Waals surface area contributed by atoms with E-state index in [0.717, 1.165) is 18.4 Å². The van der Waals surface area contributed by atoms with Crippen LogP contribution in [0.2, 0.25) is 0 Å². The Kier molecular flexibility index (Phi) is 5.87. The third-order valence-corrected chi connectivity index (χ3v) is 5.20. The van der Waals surface area contributed by atoms with Gasteiger partial charge in [-0.3, -0.25) is 0 Å². The van der Waals surface area contributed by atoms with Crippen molar-refractivity contribution in [2.75, 3.05) is 27.3 Å². The number of hydrogen-bond donors (Lipinski definition) is 1. The summed E-state index contributed by atoms with van der Waals surface area (Å²) in [6.07, 6.45) is 3.10. The summed E-state index contributed by atoms with van der Waals surface area (Å²) in [6.45, 7) is 1.66. The lowest BCUT2D eigenvalue weighted by atomic mass is 9.97. The molecule has 3 aromatic rings. The summed E-state index contributed by atoms with van der Waals surface area (Å²) in [5.74, 6) is 2.96. The molecule has 0 saturated carbocycles. The van der Waals surface area contributed by atoms with Gasteiger partial charge in [-0.2, -0.15) is 0 Å². The zero-order valence-electron chi connectivity index (χ0n) is 17.0. The first-order valence-electron chi connectivity index (χ1n) is 9.79. The Morgan fingerprint density at radius 1 is 1.17 bits per heavy atom. The molecule has 30 heavy (non-hydrogen) atoms. The van der Waals surface area contributed by atoms with Gasteiger partial charge >= 0.3 is 6.03 Å². The molecule has 1 fully saturated rings. The summed E-state index contributed by atoms with van der Waals surface area (Å²) in [5.41, 5.74) is 0.937. The molecule has 1 aliphatic heterocycles. The van der Waals surface area contributed by atoms with Crippen molar-refractivity contribution in [1.29, 1.82) is 0 Å². The molecule has 0 spiro atoms. The van der Waals surface area contributed by atoms with E-state index in [-0.39, 0.29) is 11.9 Å². The van der Waals surface area contributed by atoms with Crippen molar-refractivity contribution in [3.05, 3.63) is 48.0 Å². The summed E-state index contributed by atoms with van der Waals surface area (Å²) < 4.78 is 21.6. The molecular weight excluding hydrogens is 388 g/mol. The van der Waals surface area contributed by atoms with Crippen molar-refractivity contribution >= 4 is 6.03 Å². The summed E-state index contributed by atoms with van der Waals surface area (Å²) in [5, 5.41) is 11.2. The Hall–Kier alpha value is -3.49. The van der Waals surface area contributed by atoms with Gasteiger partial charge in [-0.25, -0.2) is 4.79 Å². The average molecular weight is 412 g/mol. The maximum absolute atomic E-state index is 12.5. The summed E-state index contributed by atoms with van der Waals surface area (Å²) >= 11 is 0. The highest BCUT2D eigenvalue weighted by Gasteiger charge is 2.27. The molecule has 9 nitrogen and oxygen atoms in total. The van der Waals surface area contributed by atoms with Crippen LogP contribution in [0.25, 0.3) is 11.7 Å². The third kappa shape index (κ3) is 4.24. The highest BCUT2D eigenvalue weighted by Crippen LogP contribution is 2.30. The van der Waals surface area contributed by atoms with E-state index in [1.54, 1.807) is 37.5 Å². The van der Waals surface area contributed by atoms with E-state index in [1.807, 2.05) is 18.2 Å². The van der Waals surface area contributed by atoms with Crippen molar-refractivity contribution in [3.8, 4) is 23.1 Å². The first-order valence-corrected chi connectivity index (χ1v) is 9.79. The van der Waals surface area contributed by atoms with E-state index in [2.05, 4.69) is 15.5 Å². The Balaban J connectivity index is 1.28. The summed E-state index contributed by atoms with van der Waals surface area (Å²) in [6, 6.07) is 9.05. The molecule has 158 valence electrons. The molecule has 0 atom stereocenters. The predicted molar refractivity (Wildman–Crippen MR) is 107 cm³/mol. The van der Waals surface area contributed by atoms with Crippen molar-refractivity contribution in [2.45, 2.75) is 25.3 Å². The number of hydrogen-bond acceptors (Lipinski definition) is 7. The molecule has 4 rings (SSSR count). The number of nitrogens with zero attached hydrogens (tertiary/aromatic N) is 3. The predicted octanol–water partition coefficient (Wildman–Crippen LogP) is 3.44. The van der Waals surface area contributed by atoms with Crippen LogP contribution in [0.4, 0.5) is 4.79 Å². The Labute approximate surface area is 174 Å². The number of carbonyl (C=O) groups is 1. The van der Waals surface area contributed by atoms with Crippen molar-refractivity contribution in [2.24, 2.45) is 0 Å². The van der Waals surface area contributed by atoms with Crippen molar-refractivity contribution in [3.63, 3.8) is 0 Å². The highest BCUT2D eigenvalue weighted by molar-refractivity contribution is 5.74. The first-order chi connectivity index (χ1) is 14.7. The molecule has 3 heterocycles. The lowest BCUT2D eigenvalue weighted by molar-refractivity contribution is 0.177. The monoisotopic (exact) mass is 412 g/mol. The van der Waals surface area contributed by atoms with Crippen molar-refractivity contribution in [1.82, 2.24) is 20.4 Å². The van der Waals surface area contributed by atoms with Gasteiger partial charge in [-0.05, 0) is 42.7 Å². The number of amides is 2. The fraction of sp³-hybridized carbons (Fsp3) is 0.381. The minimum Gasteiger partial charge on any atom is -0.493 e. The minimum absolute atomic E-state index is 0.0926. The quantitative estimate of drug-likeness (QED) is 0.661. The van der Waals surface area contributed by atoms with Crippen LogP contribution in [0.3, 0.4) is 0 Å². The number of ether oxygens (including phenoxy) is 2. The van der Waals surface area contributed by atoms with E-state index in [0.29, 0.717) is 48.7 Å². The van der Waals surface area contributed by atoms with Gasteiger partial charge in [-0.1, -0.05) is 6.07 Å². The van der Waals surface area contributed by atoms with Crippen LogP contribution in [-0.2, 0) is 6.54 Å². The molecule has 9 heteroatoms. The maximum atomic E-state index is 12.5. The number of carbonyl (C=O) groups excluding carboxylic acids is 1. The average Bonchev–Trinajstić information content (AvgIpc) is 3.49. The van der Waals surface area contributed by atoms with Crippen LogP contribution in [-0.4, -0.2) is 48.4 Å². The largest absolute Gasteiger partial charge is 0.493 e. The van der Waals surface area contributed by atoms with Crippen LogP contribution in [0.15, 0.2) is 45.4 Å². The SMILES string of the molecule is COc1ccc(CNC(=O)N2CCC(c3nnc(-c4ccco4)o3)CC2)cc1OC. The van der Waals surface area contributed by atoms with Gasteiger partial charge in [0.2, 0.25) is 5.89 Å². The third-order valence-electron chi connectivity index (χ3n) is 5.20. The van der Waals surface area contributed by atoms with Crippen LogP contribution in [0, 0.1) is 0 Å². The molecule has 0 unspecified atom stereocenters. The number of aromatic nitrogens is 2. The number of furan rings is 1. The zero-order valence-corrected chi connectivity index (χ0v) is 17.0. The maximum Gasteiger partial charge on any atom is 0.317 e. The normalized spacial score (nSPS) is 14.5. The number of piperidine rings is 1. The van der Waals surface area contributed by atoms with E-state index >= 15 is 0 Å². The van der Waals surface area contributed by atoms with Gasteiger partial charge in [-0.15, -0.1) is 10.2 Å². The lowest BCUT2D eigenvalue weighted by Gasteiger charge is -2.30. The standard InChI is InChI=1S/C21H24N4O5/c1-27-16-6-5-14(12-18(16)28-2)13-22-21(26)25-9-7-15(8-10-25)19-23-24-20(30-19)17-4-3-11-29-17/h3-6,11-12,15H,7-10,13H2,1-2H3,(H,22,26). The molecule has 1 N–H and O–H groups in total. The number of methoxy groups -OCH3 is 2. The van der Waals surface area contributed by atoms with Crippen molar-refractivity contribution < 1.29 is 23.1 Å². The molecule has 0 radical (unpaired) electrons. The fourth-order valence-electron chi connectivity index (χ4n) is 3.51. The van der Waals surface area contributed by atoms with Crippen LogP contribution < -0.4 is 14.8 Å². The number of rotatable bonds is 6. The lowest BCUT2D eigenvalue weighted by Crippen LogP contribution is -2.43. The number of likely N-dealkylation sites (tertiary alicyclic amines) is 1. The van der Waals surface area contributed by atoms with Gasteiger partial charge in [0.1, 0.15) is 0 Å². The Morgan fingerprint density at radius 3 is 2.67 bits per heavy atom. The molecule has 1 aliphatic rings. The van der Waals surface area contributed by atoms with E-state index < -0.39 is 0 Å². The summed E-state index contributed by atoms with van der Waals surface area (Å²) in [4.78, 5) is 14.4. The highest BCUT2D eigenvalue weighted by atomic mass is 16.5. The molecule has 2 aromatic heterocycles. The van der Waals surface area contributed by atoms with Crippen LogP contribution in [0.5, 0.6) is 11.5 Å². The van der Waals surface area contributed by atoms with Gasteiger partial charge in [0.25, 0.3) is 5.89 Å². The second-order valence-corrected chi connectivity index (χ2v) is 7.03. The molecular formula is C21H24N4O5. The first kappa shape index (κ1) is 19.8. The van der Waals surface area contributed by atoms with E-state index in [9.17, 15) is 4.79 Å². The second kappa shape index (κ2) is 8.89. The second-order valence-electron chi connectivity index (χ2n) is 7.03. The van der Waals surface area contributed by atoms with Gasteiger partial charge in [0.15, 0.2) is 17.3 Å². The number of urea groups is 1. The Bertz CT molecular complexity index is 977. The molecule has 1 saturated heterocycles. The van der Waals surface area contributed by atoms with Gasteiger partial charge in [0, 0.05) is 25.6 Å². The topological polar surface area (TPSA) is 103 Å². The van der Waals surface area contributed by atoms with Gasteiger partial charge in [0.05, 0.1) is 20.5 Å². The van der Waals surface area contributed by atoms with Gasteiger partial charge < -0.3 is 28.5 Å². The van der Waals surface area contributed by atoms with Crippen LogP contribution >= 0.6 is 0 Å². The van der Waals surface area contributed by atoms with E-state index in [1.165, 1.54) is 0 Å².